The van der Waals surface area contributed by atoms with Gasteiger partial charge in [-0.15, -0.1) is 0 Å². The van der Waals surface area contributed by atoms with Crippen LogP contribution in [0.4, 0.5) is 5.69 Å². The van der Waals surface area contributed by atoms with Crippen LogP contribution in [0.3, 0.4) is 0 Å². The summed E-state index contributed by atoms with van der Waals surface area (Å²) in [6.07, 6.45) is 1.68. The number of H-pyrrole nitrogens is 1. The van der Waals surface area contributed by atoms with Gasteiger partial charge in [0.15, 0.2) is 5.82 Å². The Morgan fingerprint density at radius 1 is 1.20 bits per heavy atom. The quantitative estimate of drug-likeness (QED) is 0.719. The molecule has 5 nitrogen and oxygen atoms in total. The lowest BCUT2D eigenvalue weighted by molar-refractivity contribution is -0.114. The third-order valence-corrected chi connectivity index (χ3v) is 3.94. The lowest BCUT2D eigenvalue weighted by Gasteiger charge is -2.04. The number of nitrogens with one attached hydrogen (secondary N) is 2. The van der Waals surface area contributed by atoms with Gasteiger partial charge in [-0.25, -0.2) is 4.98 Å². The molecule has 0 saturated carbocycles. The van der Waals surface area contributed by atoms with Crippen molar-refractivity contribution in [3.05, 3.63) is 69.2 Å². The maximum Gasteiger partial charge on any atom is 0.259 e. The molecular weight excluding hydrogens is 361 g/mol. The SMILES string of the molecule is CC(=O)Nc1ccc(/C=C(\Cl)c2nc3ccc(Cl)cc3c(=O)[nH]2)cc1. The molecule has 3 rings (SSSR count). The summed E-state index contributed by atoms with van der Waals surface area (Å²) < 4.78 is 0. The first kappa shape index (κ1) is 17.2. The molecule has 1 heterocycles. The second kappa shape index (κ2) is 7.09. The highest BCUT2D eigenvalue weighted by molar-refractivity contribution is 6.50. The van der Waals surface area contributed by atoms with E-state index in [9.17, 15) is 9.59 Å². The summed E-state index contributed by atoms with van der Waals surface area (Å²) in [5, 5.41) is 3.85. The first-order valence-electron chi connectivity index (χ1n) is 7.37. The molecule has 2 aromatic carbocycles. The molecule has 0 bridgehead atoms. The second-order valence-corrected chi connectivity index (χ2v) is 6.22. The fourth-order valence-electron chi connectivity index (χ4n) is 2.30. The van der Waals surface area contributed by atoms with Crippen molar-refractivity contribution in [3.63, 3.8) is 0 Å². The first-order valence-corrected chi connectivity index (χ1v) is 8.13. The molecule has 0 saturated heterocycles. The van der Waals surface area contributed by atoms with E-state index in [-0.39, 0.29) is 17.3 Å². The van der Waals surface area contributed by atoms with Gasteiger partial charge in [0.1, 0.15) is 0 Å². The minimum Gasteiger partial charge on any atom is -0.326 e. The number of carbonyl (C=O) groups excluding carboxylic acids is 1. The Kier molecular flexibility index (Phi) is 4.88. The molecule has 126 valence electrons. The molecule has 0 aliphatic carbocycles. The van der Waals surface area contributed by atoms with Crippen molar-refractivity contribution in [1.82, 2.24) is 9.97 Å². The smallest absolute Gasteiger partial charge is 0.259 e. The zero-order chi connectivity index (χ0) is 18.0. The van der Waals surface area contributed by atoms with Crippen LogP contribution in [-0.2, 0) is 4.79 Å². The zero-order valence-electron chi connectivity index (χ0n) is 13.1. The van der Waals surface area contributed by atoms with Gasteiger partial charge in [-0.3, -0.25) is 9.59 Å². The van der Waals surface area contributed by atoms with Gasteiger partial charge in [-0.05, 0) is 42.0 Å². The van der Waals surface area contributed by atoms with E-state index >= 15 is 0 Å². The summed E-state index contributed by atoms with van der Waals surface area (Å²) in [5.74, 6) is 0.131. The van der Waals surface area contributed by atoms with Crippen LogP contribution >= 0.6 is 23.2 Å². The van der Waals surface area contributed by atoms with Crippen LogP contribution in [0.5, 0.6) is 0 Å². The van der Waals surface area contributed by atoms with Crippen LogP contribution in [0.1, 0.15) is 18.3 Å². The Bertz CT molecular complexity index is 1040. The van der Waals surface area contributed by atoms with E-state index < -0.39 is 0 Å². The van der Waals surface area contributed by atoms with Crippen LogP contribution in [0.25, 0.3) is 22.0 Å². The number of hydrogen-bond donors (Lipinski definition) is 2. The van der Waals surface area contributed by atoms with Crippen molar-refractivity contribution < 1.29 is 4.79 Å². The van der Waals surface area contributed by atoms with Gasteiger partial charge in [0.25, 0.3) is 5.56 Å². The third kappa shape index (κ3) is 4.07. The van der Waals surface area contributed by atoms with Crippen LogP contribution in [0, 0.1) is 0 Å². The van der Waals surface area contributed by atoms with Crippen LogP contribution in [0.2, 0.25) is 5.02 Å². The van der Waals surface area contributed by atoms with Crippen molar-refractivity contribution in [2.24, 2.45) is 0 Å². The van der Waals surface area contributed by atoms with Crippen molar-refractivity contribution in [2.75, 3.05) is 5.32 Å². The maximum absolute atomic E-state index is 12.2. The Labute approximate surface area is 153 Å². The fraction of sp³-hybridized carbons (Fsp3) is 0.0556. The average molecular weight is 374 g/mol. The van der Waals surface area contributed by atoms with Crippen LogP contribution in [0.15, 0.2) is 47.3 Å². The number of nitrogens with zero attached hydrogens (tertiary/aromatic N) is 1. The van der Waals surface area contributed by atoms with E-state index in [0.717, 1.165) is 5.56 Å². The van der Waals surface area contributed by atoms with Gasteiger partial charge in [0.2, 0.25) is 5.91 Å². The third-order valence-electron chi connectivity index (χ3n) is 3.42. The number of anilines is 1. The Morgan fingerprint density at radius 2 is 1.92 bits per heavy atom. The molecule has 1 aromatic heterocycles. The predicted molar refractivity (Wildman–Crippen MR) is 102 cm³/mol. The van der Waals surface area contributed by atoms with E-state index in [1.165, 1.54) is 6.92 Å². The summed E-state index contributed by atoms with van der Waals surface area (Å²) in [4.78, 5) is 30.2. The molecule has 0 aliphatic rings. The zero-order valence-corrected chi connectivity index (χ0v) is 14.7. The number of amides is 1. The van der Waals surface area contributed by atoms with Gasteiger partial charge in [0.05, 0.1) is 15.9 Å². The minimum absolute atomic E-state index is 0.139. The number of hydrogen-bond acceptors (Lipinski definition) is 3. The summed E-state index contributed by atoms with van der Waals surface area (Å²) in [6.45, 7) is 1.44. The van der Waals surface area contributed by atoms with Gasteiger partial charge in [-0.2, -0.15) is 0 Å². The van der Waals surface area contributed by atoms with E-state index in [1.54, 1.807) is 48.5 Å². The van der Waals surface area contributed by atoms with Gasteiger partial charge < -0.3 is 10.3 Å². The largest absolute Gasteiger partial charge is 0.326 e. The van der Waals surface area contributed by atoms with E-state index in [1.807, 2.05) is 0 Å². The average Bonchev–Trinajstić information content (AvgIpc) is 2.56. The highest BCUT2D eigenvalue weighted by Crippen LogP contribution is 2.22. The number of aromatic amines is 1. The molecule has 3 aromatic rings. The van der Waals surface area contributed by atoms with E-state index in [4.69, 9.17) is 23.2 Å². The molecule has 0 radical (unpaired) electrons. The lowest BCUT2D eigenvalue weighted by atomic mass is 10.2. The molecule has 0 atom stereocenters. The van der Waals surface area contributed by atoms with Gasteiger partial charge in [-0.1, -0.05) is 35.3 Å². The highest BCUT2D eigenvalue weighted by Gasteiger charge is 2.07. The highest BCUT2D eigenvalue weighted by atomic mass is 35.5. The number of fused-ring (bicyclic) bond motifs is 1. The molecule has 7 heteroatoms. The number of carbonyl (C=O) groups is 1. The first-order chi connectivity index (χ1) is 11.9. The summed E-state index contributed by atoms with van der Waals surface area (Å²) >= 11 is 12.2. The van der Waals surface area contributed by atoms with Crippen LogP contribution in [-0.4, -0.2) is 15.9 Å². The molecule has 1 amide bonds. The Balaban J connectivity index is 1.94. The molecular formula is C18H13Cl2N3O2. The van der Waals surface area contributed by atoms with Crippen molar-refractivity contribution in [1.29, 1.82) is 0 Å². The van der Waals surface area contributed by atoms with Crippen molar-refractivity contribution >= 4 is 56.8 Å². The maximum atomic E-state index is 12.2. The Morgan fingerprint density at radius 3 is 2.60 bits per heavy atom. The van der Waals surface area contributed by atoms with Crippen molar-refractivity contribution in [3.8, 4) is 0 Å². The van der Waals surface area contributed by atoms with E-state index in [0.29, 0.717) is 26.6 Å². The molecule has 0 fully saturated rings. The summed E-state index contributed by atoms with van der Waals surface area (Å²) in [7, 11) is 0. The summed E-state index contributed by atoms with van der Waals surface area (Å²) in [6, 6.07) is 12.0. The van der Waals surface area contributed by atoms with E-state index in [2.05, 4.69) is 15.3 Å². The van der Waals surface area contributed by atoms with Crippen LogP contribution < -0.4 is 10.9 Å². The monoisotopic (exact) mass is 373 g/mol. The molecule has 0 spiro atoms. The predicted octanol–water partition coefficient (Wildman–Crippen LogP) is 4.27. The minimum atomic E-state index is -0.310. The Hall–Kier alpha value is -2.63. The van der Waals surface area contributed by atoms with Gasteiger partial charge >= 0.3 is 0 Å². The summed E-state index contributed by atoms with van der Waals surface area (Å²) in [5.41, 5.74) is 1.69. The standard InChI is InChI=1S/C18H13Cl2N3O2/c1-10(24)21-13-5-2-11(3-6-13)8-15(20)17-22-16-7-4-12(19)9-14(16)18(25)23-17/h2-9H,1H3,(H,21,24)(H,22,23,25)/b15-8-. The molecule has 2 N–H and O–H groups in total. The number of rotatable bonds is 3. The fourth-order valence-corrected chi connectivity index (χ4v) is 2.69. The molecule has 0 unspecified atom stereocenters. The van der Waals surface area contributed by atoms with Crippen molar-refractivity contribution in [2.45, 2.75) is 6.92 Å². The normalized spacial score (nSPS) is 11.6. The second-order valence-electron chi connectivity index (χ2n) is 5.37. The molecule has 25 heavy (non-hydrogen) atoms. The topological polar surface area (TPSA) is 74.8 Å². The number of benzene rings is 2. The lowest BCUT2D eigenvalue weighted by Crippen LogP contribution is -2.10. The van der Waals surface area contributed by atoms with Gasteiger partial charge in [0, 0.05) is 17.6 Å². The number of aromatic nitrogens is 2. The number of halogens is 2. The molecule has 0 aliphatic heterocycles.